The van der Waals surface area contributed by atoms with Crippen molar-refractivity contribution >= 4 is 60.8 Å². The molecule has 1 aromatic heterocycles. The third kappa shape index (κ3) is 6.26. The molecule has 1 heterocycles. The van der Waals surface area contributed by atoms with E-state index < -0.39 is 22.6 Å². The molecule has 184 valence electrons. The first-order chi connectivity index (χ1) is 16.0. The summed E-state index contributed by atoms with van der Waals surface area (Å²) in [5.41, 5.74) is 1.56. The third-order valence-corrected chi connectivity index (χ3v) is 10.2. The maximum Gasteiger partial charge on any atom is 0.341 e. The van der Waals surface area contributed by atoms with Crippen LogP contribution in [0.2, 0.25) is 5.02 Å². The number of nitrogens with zero attached hydrogens (tertiary/aromatic N) is 1. The highest BCUT2D eigenvalue weighted by Crippen LogP contribution is 2.37. The zero-order valence-corrected chi connectivity index (χ0v) is 22.7. The van der Waals surface area contributed by atoms with E-state index in [4.69, 9.17) is 21.4 Å². The Balaban J connectivity index is 1.78. The number of sulfonamides is 1. The lowest BCUT2D eigenvalue weighted by Crippen LogP contribution is -2.36. The molecule has 1 unspecified atom stereocenters. The van der Waals surface area contributed by atoms with E-state index in [-0.39, 0.29) is 5.25 Å². The summed E-state index contributed by atoms with van der Waals surface area (Å²) in [6.45, 7) is 8.07. The fourth-order valence-electron chi connectivity index (χ4n) is 3.65. The van der Waals surface area contributed by atoms with E-state index in [2.05, 4.69) is 0 Å². The molecule has 0 aliphatic rings. The highest BCUT2D eigenvalue weighted by Gasteiger charge is 2.30. The van der Waals surface area contributed by atoms with Gasteiger partial charge in [-0.15, -0.1) is 23.1 Å². The molecule has 1 atom stereocenters. The van der Waals surface area contributed by atoms with Crippen LogP contribution in [0.5, 0.6) is 5.75 Å². The van der Waals surface area contributed by atoms with Crippen molar-refractivity contribution in [2.45, 2.75) is 48.5 Å². The predicted molar refractivity (Wildman–Crippen MR) is 140 cm³/mol. The normalized spacial score (nSPS) is 12.9. The van der Waals surface area contributed by atoms with Crippen LogP contribution in [0.1, 0.15) is 31.4 Å². The van der Waals surface area contributed by atoms with Crippen LogP contribution in [-0.4, -0.2) is 48.7 Å². The van der Waals surface area contributed by atoms with Crippen molar-refractivity contribution in [2.75, 3.05) is 19.7 Å². The molecule has 0 aliphatic carbocycles. The summed E-state index contributed by atoms with van der Waals surface area (Å²) < 4.78 is 35.4. The van der Waals surface area contributed by atoms with Crippen LogP contribution in [0.4, 0.5) is 0 Å². The number of fused-ring (bicyclic) bond motifs is 1. The maximum atomic E-state index is 13.6. The van der Waals surface area contributed by atoms with Gasteiger partial charge >= 0.3 is 5.97 Å². The van der Waals surface area contributed by atoms with Gasteiger partial charge in [0.2, 0.25) is 0 Å². The smallest absolute Gasteiger partial charge is 0.341 e. The Bertz CT molecular complexity index is 1290. The molecule has 3 aromatic rings. The molecule has 0 aliphatic heterocycles. The number of thiophene rings is 1. The van der Waals surface area contributed by atoms with Crippen molar-refractivity contribution in [3.05, 3.63) is 52.5 Å². The molecule has 0 saturated carbocycles. The fraction of sp³-hybridized carbons (Fsp3) is 0.375. The third-order valence-electron chi connectivity index (χ3n) is 5.20. The van der Waals surface area contributed by atoms with E-state index in [1.54, 1.807) is 28.2 Å². The van der Waals surface area contributed by atoms with Gasteiger partial charge in [-0.3, -0.25) is 0 Å². The SMILES string of the molecule is CCCN(CC(C)Sc1ccc(OCC(=O)O)c(C)c1)S(=O)(=O)c1sc2ccc(Cl)cc2c1C. The first kappa shape index (κ1) is 26.8. The number of hydrogen-bond donors (Lipinski definition) is 1. The zero-order valence-electron chi connectivity index (χ0n) is 19.5. The highest BCUT2D eigenvalue weighted by atomic mass is 35.5. The molecule has 0 spiro atoms. The number of hydrogen-bond acceptors (Lipinski definition) is 6. The lowest BCUT2D eigenvalue weighted by molar-refractivity contribution is -0.139. The maximum absolute atomic E-state index is 13.6. The van der Waals surface area contributed by atoms with Crippen molar-refractivity contribution in [3.63, 3.8) is 0 Å². The number of aliphatic carboxylic acids is 1. The van der Waals surface area contributed by atoms with Crippen molar-refractivity contribution in [2.24, 2.45) is 0 Å². The number of rotatable bonds is 11. The topological polar surface area (TPSA) is 83.9 Å². The first-order valence-electron chi connectivity index (χ1n) is 10.8. The van der Waals surface area contributed by atoms with E-state index in [9.17, 15) is 13.2 Å². The van der Waals surface area contributed by atoms with Gasteiger partial charge < -0.3 is 9.84 Å². The molecule has 0 fully saturated rings. The number of carboxylic acid groups (broad SMARTS) is 1. The van der Waals surface area contributed by atoms with Crippen LogP contribution in [0.15, 0.2) is 45.5 Å². The van der Waals surface area contributed by atoms with Crippen LogP contribution in [-0.2, 0) is 14.8 Å². The van der Waals surface area contributed by atoms with Gasteiger partial charge in [0.15, 0.2) is 6.61 Å². The van der Waals surface area contributed by atoms with Crippen molar-refractivity contribution in [3.8, 4) is 5.75 Å². The minimum absolute atomic E-state index is 0.00404. The molecule has 6 nitrogen and oxygen atoms in total. The Morgan fingerprint density at radius 1 is 1.24 bits per heavy atom. The number of halogens is 1. The van der Waals surface area contributed by atoms with E-state index in [0.717, 1.165) is 26.1 Å². The summed E-state index contributed by atoms with van der Waals surface area (Å²) >= 11 is 8.99. The van der Waals surface area contributed by atoms with Gasteiger partial charge in [0.1, 0.15) is 9.96 Å². The number of ether oxygens (including phenoxy) is 1. The van der Waals surface area contributed by atoms with Crippen LogP contribution in [0, 0.1) is 13.8 Å². The van der Waals surface area contributed by atoms with Gasteiger partial charge in [0.25, 0.3) is 10.0 Å². The lowest BCUT2D eigenvalue weighted by atomic mass is 10.2. The quantitative estimate of drug-likeness (QED) is 0.290. The second kappa shape index (κ2) is 11.3. The fourth-order valence-corrected chi connectivity index (χ4v) is 8.52. The molecule has 2 aromatic carbocycles. The predicted octanol–water partition coefficient (Wildman–Crippen LogP) is 6.22. The molecular formula is C24H28ClNO5S3. The van der Waals surface area contributed by atoms with Gasteiger partial charge in [-0.25, -0.2) is 13.2 Å². The molecule has 1 N–H and O–H groups in total. The van der Waals surface area contributed by atoms with Crippen LogP contribution < -0.4 is 4.74 Å². The summed E-state index contributed by atoms with van der Waals surface area (Å²) in [7, 11) is -3.67. The van der Waals surface area contributed by atoms with Crippen LogP contribution in [0.3, 0.4) is 0 Å². The number of thioether (sulfide) groups is 1. The zero-order chi connectivity index (χ0) is 25.0. The summed E-state index contributed by atoms with van der Waals surface area (Å²) in [5, 5.41) is 10.2. The van der Waals surface area contributed by atoms with Crippen molar-refractivity contribution in [1.82, 2.24) is 4.31 Å². The van der Waals surface area contributed by atoms with Gasteiger partial charge in [0, 0.05) is 33.0 Å². The van der Waals surface area contributed by atoms with Crippen molar-refractivity contribution in [1.29, 1.82) is 0 Å². The Hall–Kier alpha value is -1.78. The lowest BCUT2D eigenvalue weighted by Gasteiger charge is -2.24. The number of carboxylic acids is 1. The first-order valence-corrected chi connectivity index (χ1v) is 14.3. The Labute approximate surface area is 213 Å². The number of benzene rings is 2. The monoisotopic (exact) mass is 541 g/mol. The van der Waals surface area contributed by atoms with E-state index in [1.165, 1.54) is 11.3 Å². The molecule has 0 radical (unpaired) electrons. The molecule has 0 bridgehead atoms. The Morgan fingerprint density at radius 3 is 2.62 bits per heavy atom. The minimum Gasteiger partial charge on any atom is -0.482 e. The van der Waals surface area contributed by atoms with E-state index in [0.29, 0.717) is 34.5 Å². The molecule has 3 rings (SSSR count). The summed E-state index contributed by atoms with van der Waals surface area (Å²) in [4.78, 5) is 11.7. The average molecular weight is 542 g/mol. The second-order valence-corrected chi connectivity index (χ2v) is 13.2. The molecular weight excluding hydrogens is 514 g/mol. The van der Waals surface area contributed by atoms with Gasteiger partial charge in [-0.05, 0) is 73.2 Å². The standard InChI is InChI=1S/C24H28ClNO5S3/c1-5-10-26(34(29,30)24-17(4)20-12-18(25)6-9-22(20)33-24)13-16(3)32-19-7-8-21(15(2)11-19)31-14-23(27)28/h6-9,11-12,16H,5,10,13-14H2,1-4H3,(H,27,28). The molecule has 0 amide bonds. The summed E-state index contributed by atoms with van der Waals surface area (Å²) in [5.74, 6) is -0.504. The van der Waals surface area contributed by atoms with Crippen LogP contribution in [0.25, 0.3) is 10.1 Å². The largest absolute Gasteiger partial charge is 0.482 e. The van der Waals surface area contributed by atoms with Crippen molar-refractivity contribution < 1.29 is 23.1 Å². The van der Waals surface area contributed by atoms with Gasteiger partial charge in [-0.2, -0.15) is 4.31 Å². The minimum atomic E-state index is -3.67. The van der Waals surface area contributed by atoms with Crippen LogP contribution >= 0.6 is 34.7 Å². The number of aryl methyl sites for hydroxylation is 2. The number of carbonyl (C=O) groups is 1. The van der Waals surface area contributed by atoms with E-state index >= 15 is 0 Å². The summed E-state index contributed by atoms with van der Waals surface area (Å²) in [6.07, 6.45) is 0.709. The van der Waals surface area contributed by atoms with E-state index in [1.807, 2.05) is 52.0 Å². The Kier molecular flexibility index (Phi) is 8.92. The van der Waals surface area contributed by atoms with Gasteiger partial charge in [-0.1, -0.05) is 25.4 Å². The molecule has 10 heteroatoms. The second-order valence-electron chi connectivity index (χ2n) is 8.06. The highest BCUT2D eigenvalue weighted by molar-refractivity contribution is 8.00. The molecule has 34 heavy (non-hydrogen) atoms. The van der Waals surface area contributed by atoms with Gasteiger partial charge in [0.05, 0.1) is 0 Å². The Morgan fingerprint density at radius 2 is 1.97 bits per heavy atom. The average Bonchev–Trinajstić information content (AvgIpc) is 3.09. The summed E-state index contributed by atoms with van der Waals surface area (Å²) in [6, 6.07) is 11.0. The molecule has 0 saturated heterocycles.